The number of aromatic nitrogens is 1. The van der Waals surface area contributed by atoms with Crippen molar-refractivity contribution in [3.05, 3.63) is 24.0 Å². The van der Waals surface area contributed by atoms with Crippen LogP contribution in [0.3, 0.4) is 0 Å². The third-order valence-corrected chi connectivity index (χ3v) is 4.39. The number of nitrogens with zero attached hydrogens (tertiary/aromatic N) is 3. The van der Waals surface area contributed by atoms with E-state index < -0.39 is 0 Å². The molecule has 20 heavy (non-hydrogen) atoms. The number of hydrogen-bond acceptors (Lipinski definition) is 4. The Morgan fingerprint density at radius 1 is 1.25 bits per heavy atom. The van der Waals surface area contributed by atoms with Gasteiger partial charge in [0, 0.05) is 25.3 Å². The Labute approximate surface area is 119 Å². The van der Waals surface area contributed by atoms with Gasteiger partial charge in [-0.1, -0.05) is 6.42 Å². The van der Waals surface area contributed by atoms with Crippen LogP contribution in [0.4, 0.5) is 0 Å². The van der Waals surface area contributed by atoms with Crippen LogP contribution in [-0.4, -0.2) is 58.0 Å². The van der Waals surface area contributed by atoms with Gasteiger partial charge in [-0.3, -0.25) is 14.7 Å². The van der Waals surface area contributed by atoms with Crippen LogP contribution >= 0.6 is 0 Å². The summed E-state index contributed by atoms with van der Waals surface area (Å²) in [7, 11) is 0. The summed E-state index contributed by atoms with van der Waals surface area (Å²) in [5, 5.41) is 9.74. The molecular formula is C15H21N3O2. The van der Waals surface area contributed by atoms with Crippen molar-refractivity contribution in [1.82, 2.24) is 14.8 Å². The summed E-state index contributed by atoms with van der Waals surface area (Å²) in [4.78, 5) is 20.6. The Morgan fingerprint density at radius 3 is 2.80 bits per heavy atom. The number of pyridine rings is 1. The maximum absolute atomic E-state index is 12.4. The van der Waals surface area contributed by atoms with E-state index >= 15 is 0 Å². The molecule has 1 amide bonds. The van der Waals surface area contributed by atoms with Crippen LogP contribution in [0.5, 0.6) is 5.75 Å². The van der Waals surface area contributed by atoms with Crippen LogP contribution in [0.15, 0.2) is 18.5 Å². The van der Waals surface area contributed by atoms with E-state index in [9.17, 15) is 9.90 Å². The third kappa shape index (κ3) is 2.63. The van der Waals surface area contributed by atoms with Crippen molar-refractivity contribution in [3.8, 4) is 5.75 Å². The van der Waals surface area contributed by atoms with Gasteiger partial charge < -0.3 is 10.0 Å². The second-order valence-electron chi connectivity index (χ2n) is 5.68. The van der Waals surface area contributed by atoms with E-state index in [0.29, 0.717) is 11.6 Å². The summed E-state index contributed by atoms with van der Waals surface area (Å²) in [6, 6.07) is 2.08. The number of carbonyl (C=O) groups excluding carboxylic acids is 1. The summed E-state index contributed by atoms with van der Waals surface area (Å²) in [5.74, 6) is -0.108. The first-order chi connectivity index (χ1) is 9.75. The molecule has 2 fully saturated rings. The van der Waals surface area contributed by atoms with Crippen LogP contribution < -0.4 is 0 Å². The zero-order valence-corrected chi connectivity index (χ0v) is 11.7. The highest BCUT2D eigenvalue weighted by Gasteiger charge is 2.32. The summed E-state index contributed by atoms with van der Waals surface area (Å²) in [6.07, 6.45) is 7.79. The molecule has 0 bridgehead atoms. The highest BCUT2D eigenvalue weighted by Crippen LogP contribution is 2.23. The van der Waals surface area contributed by atoms with Crippen molar-refractivity contribution in [2.75, 3.05) is 26.2 Å². The SMILES string of the molecule is O=C(c1ccncc1O)N1CCC(N2CCCCC2)C1. The smallest absolute Gasteiger partial charge is 0.257 e. The van der Waals surface area contributed by atoms with Crippen molar-refractivity contribution in [1.29, 1.82) is 0 Å². The first-order valence-electron chi connectivity index (χ1n) is 7.42. The Balaban J connectivity index is 1.65. The molecule has 2 aliphatic rings. The summed E-state index contributed by atoms with van der Waals surface area (Å²) in [5.41, 5.74) is 0.360. The largest absolute Gasteiger partial charge is 0.505 e. The lowest BCUT2D eigenvalue weighted by Gasteiger charge is -2.32. The van der Waals surface area contributed by atoms with Gasteiger partial charge in [-0.2, -0.15) is 0 Å². The minimum Gasteiger partial charge on any atom is -0.505 e. The number of piperidine rings is 1. The zero-order valence-electron chi connectivity index (χ0n) is 11.7. The average molecular weight is 275 g/mol. The standard InChI is InChI=1S/C15H21N3O2/c19-14-10-16-6-4-13(14)15(20)18-9-5-12(11-18)17-7-2-1-3-8-17/h4,6,10,12,19H,1-3,5,7-9,11H2. The lowest BCUT2D eigenvalue weighted by Crippen LogP contribution is -2.41. The second kappa shape index (κ2) is 5.79. The van der Waals surface area contributed by atoms with E-state index in [2.05, 4.69) is 9.88 Å². The molecule has 1 aromatic rings. The fourth-order valence-electron chi connectivity index (χ4n) is 3.25. The summed E-state index contributed by atoms with van der Waals surface area (Å²) < 4.78 is 0. The van der Waals surface area contributed by atoms with Gasteiger partial charge in [0.25, 0.3) is 5.91 Å². The van der Waals surface area contributed by atoms with Gasteiger partial charge in [0.15, 0.2) is 0 Å². The van der Waals surface area contributed by atoms with Gasteiger partial charge in [0.05, 0.1) is 11.8 Å². The molecule has 0 aliphatic carbocycles. The van der Waals surface area contributed by atoms with Gasteiger partial charge in [0.2, 0.25) is 0 Å². The number of rotatable bonds is 2. The predicted octanol–water partition coefficient (Wildman–Crippen LogP) is 1.49. The first kappa shape index (κ1) is 13.4. The van der Waals surface area contributed by atoms with E-state index in [1.807, 2.05) is 4.90 Å². The van der Waals surface area contributed by atoms with Gasteiger partial charge >= 0.3 is 0 Å². The van der Waals surface area contributed by atoms with Gasteiger partial charge in [0.1, 0.15) is 5.75 Å². The van der Waals surface area contributed by atoms with Crippen LogP contribution in [0.25, 0.3) is 0 Å². The van der Waals surface area contributed by atoms with Gasteiger partial charge in [-0.25, -0.2) is 0 Å². The number of hydrogen-bond donors (Lipinski definition) is 1. The maximum Gasteiger partial charge on any atom is 0.257 e. The molecule has 1 atom stereocenters. The van der Waals surface area contributed by atoms with E-state index in [-0.39, 0.29) is 11.7 Å². The second-order valence-corrected chi connectivity index (χ2v) is 5.68. The molecule has 108 valence electrons. The van der Waals surface area contributed by atoms with Crippen LogP contribution in [0, 0.1) is 0 Å². The summed E-state index contributed by atoms with van der Waals surface area (Å²) in [6.45, 7) is 3.88. The molecular weight excluding hydrogens is 254 g/mol. The first-order valence-corrected chi connectivity index (χ1v) is 7.42. The topological polar surface area (TPSA) is 56.7 Å². The molecule has 2 aliphatic heterocycles. The quantitative estimate of drug-likeness (QED) is 0.888. The lowest BCUT2D eigenvalue weighted by molar-refractivity contribution is 0.0768. The van der Waals surface area contributed by atoms with E-state index in [4.69, 9.17) is 0 Å². The fraction of sp³-hybridized carbons (Fsp3) is 0.600. The maximum atomic E-state index is 12.4. The molecule has 1 N–H and O–H groups in total. The Bertz CT molecular complexity index is 486. The molecule has 2 saturated heterocycles. The molecule has 0 spiro atoms. The van der Waals surface area contributed by atoms with E-state index in [1.165, 1.54) is 25.5 Å². The molecule has 5 nitrogen and oxygen atoms in total. The van der Waals surface area contributed by atoms with Crippen LogP contribution in [0.1, 0.15) is 36.0 Å². The molecule has 1 aromatic heterocycles. The molecule has 5 heteroatoms. The molecule has 0 aromatic carbocycles. The van der Waals surface area contributed by atoms with Crippen molar-refractivity contribution in [2.45, 2.75) is 31.7 Å². The molecule has 3 rings (SSSR count). The minimum absolute atomic E-state index is 0.0288. The molecule has 1 unspecified atom stereocenters. The number of amides is 1. The monoisotopic (exact) mass is 275 g/mol. The van der Waals surface area contributed by atoms with Crippen LogP contribution in [-0.2, 0) is 0 Å². The van der Waals surface area contributed by atoms with Crippen molar-refractivity contribution < 1.29 is 9.90 Å². The third-order valence-electron chi connectivity index (χ3n) is 4.39. The fourth-order valence-corrected chi connectivity index (χ4v) is 3.25. The number of aromatic hydroxyl groups is 1. The molecule has 0 saturated carbocycles. The number of likely N-dealkylation sites (tertiary alicyclic amines) is 2. The van der Waals surface area contributed by atoms with Crippen molar-refractivity contribution in [2.24, 2.45) is 0 Å². The highest BCUT2D eigenvalue weighted by atomic mass is 16.3. The van der Waals surface area contributed by atoms with Crippen LogP contribution in [0.2, 0.25) is 0 Å². The number of carbonyl (C=O) groups is 1. The van der Waals surface area contributed by atoms with Crippen molar-refractivity contribution >= 4 is 5.91 Å². The lowest BCUT2D eigenvalue weighted by atomic mass is 10.1. The average Bonchev–Trinajstić information content (AvgIpc) is 2.98. The minimum atomic E-state index is -0.0793. The Kier molecular flexibility index (Phi) is 3.87. The summed E-state index contributed by atoms with van der Waals surface area (Å²) >= 11 is 0. The zero-order chi connectivity index (χ0) is 13.9. The van der Waals surface area contributed by atoms with E-state index in [0.717, 1.165) is 32.6 Å². The van der Waals surface area contributed by atoms with E-state index in [1.54, 1.807) is 12.3 Å². The molecule has 0 radical (unpaired) electrons. The molecule has 3 heterocycles. The highest BCUT2D eigenvalue weighted by molar-refractivity contribution is 5.96. The Hall–Kier alpha value is -1.62. The van der Waals surface area contributed by atoms with Gasteiger partial charge in [-0.05, 0) is 38.4 Å². The predicted molar refractivity (Wildman–Crippen MR) is 75.6 cm³/mol. The van der Waals surface area contributed by atoms with Gasteiger partial charge in [-0.15, -0.1) is 0 Å². The van der Waals surface area contributed by atoms with Crippen molar-refractivity contribution in [3.63, 3.8) is 0 Å². The normalized spacial score (nSPS) is 24.0. The Morgan fingerprint density at radius 2 is 2.05 bits per heavy atom.